The number of rotatable bonds is 7. The van der Waals surface area contributed by atoms with Crippen LogP contribution in [0.5, 0.6) is 0 Å². The molecule has 0 radical (unpaired) electrons. The molecule has 4 heteroatoms. The van der Waals surface area contributed by atoms with E-state index in [9.17, 15) is 9.59 Å². The van der Waals surface area contributed by atoms with E-state index in [0.29, 0.717) is 19.1 Å². The minimum atomic E-state index is -0.185. The molecule has 1 unspecified atom stereocenters. The zero-order chi connectivity index (χ0) is 18.5. The monoisotopic (exact) mass is 336 g/mol. The maximum Gasteiger partial charge on any atom is 0.313 e. The Morgan fingerprint density at radius 2 is 1.58 bits per heavy atom. The van der Waals surface area contributed by atoms with E-state index in [-0.39, 0.29) is 23.8 Å². The summed E-state index contributed by atoms with van der Waals surface area (Å²) in [5.41, 5.74) is 1.03. The normalized spacial score (nSPS) is 11.5. The van der Waals surface area contributed by atoms with Crippen LogP contribution in [0.4, 0.5) is 0 Å². The third-order valence-electron chi connectivity index (χ3n) is 3.37. The van der Waals surface area contributed by atoms with Gasteiger partial charge in [-0.05, 0) is 30.7 Å². The van der Waals surface area contributed by atoms with Crippen LogP contribution in [0, 0.1) is 11.8 Å². The molecular formula is C20H32O4. The summed E-state index contributed by atoms with van der Waals surface area (Å²) in [6, 6.07) is 9.79. The van der Waals surface area contributed by atoms with Gasteiger partial charge in [0, 0.05) is 6.92 Å². The predicted octanol–water partition coefficient (Wildman–Crippen LogP) is 4.58. The molecule has 0 fully saturated rings. The Labute approximate surface area is 146 Å². The highest BCUT2D eigenvalue weighted by molar-refractivity contribution is 5.78. The summed E-state index contributed by atoms with van der Waals surface area (Å²) in [5.74, 6) is 0.413. The maximum absolute atomic E-state index is 11.8. The molecule has 0 heterocycles. The molecule has 0 aliphatic rings. The first-order chi connectivity index (χ1) is 11.3. The molecule has 1 aromatic carbocycles. The molecular weight excluding hydrogens is 304 g/mol. The standard InChI is InChI=1S/C13H18O2.C7H14O2/c1-4-15-13(14)12(10(2)3)11-8-6-5-7-9-11;1-6(2)4-5-9-7(3)8/h5-10,12H,4H2,1-3H3;6H,4-5H2,1-3H3. The van der Waals surface area contributed by atoms with Crippen molar-refractivity contribution in [1.82, 2.24) is 0 Å². The van der Waals surface area contributed by atoms with E-state index in [4.69, 9.17) is 9.47 Å². The Morgan fingerprint density at radius 3 is 2.00 bits per heavy atom. The smallest absolute Gasteiger partial charge is 0.313 e. The van der Waals surface area contributed by atoms with Gasteiger partial charge in [0.25, 0.3) is 0 Å². The number of carbonyl (C=O) groups is 2. The molecule has 1 atom stereocenters. The molecule has 0 aromatic heterocycles. The first-order valence-corrected chi connectivity index (χ1v) is 8.64. The van der Waals surface area contributed by atoms with E-state index in [1.165, 1.54) is 6.92 Å². The Kier molecular flexibility index (Phi) is 11.6. The highest BCUT2D eigenvalue weighted by atomic mass is 16.5. The fourth-order valence-corrected chi connectivity index (χ4v) is 2.12. The summed E-state index contributed by atoms with van der Waals surface area (Å²) in [6.07, 6.45) is 0.958. The first-order valence-electron chi connectivity index (χ1n) is 8.64. The molecule has 0 amide bonds. The second-order valence-corrected chi connectivity index (χ2v) is 6.41. The van der Waals surface area contributed by atoms with E-state index < -0.39 is 0 Å². The summed E-state index contributed by atoms with van der Waals surface area (Å²) in [6.45, 7) is 12.5. The van der Waals surface area contributed by atoms with Crippen LogP contribution in [0.2, 0.25) is 0 Å². The molecule has 0 saturated heterocycles. The zero-order valence-electron chi connectivity index (χ0n) is 15.9. The van der Waals surface area contributed by atoms with E-state index in [2.05, 4.69) is 13.8 Å². The molecule has 0 aliphatic heterocycles. The minimum absolute atomic E-state index is 0.126. The van der Waals surface area contributed by atoms with Gasteiger partial charge >= 0.3 is 11.9 Å². The van der Waals surface area contributed by atoms with Gasteiger partial charge in [-0.2, -0.15) is 0 Å². The second kappa shape index (κ2) is 12.6. The zero-order valence-corrected chi connectivity index (χ0v) is 15.9. The molecule has 0 N–H and O–H groups in total. The lowest BCUT2D eigenvalue weighted by molar-refractivity contribution is -0.146. The molecule has 0 aliphatic carbocycles. The summed E-state index contributed by atoms with van der Waals surface area (Å²) < 4.78 is 9.79. The van der Waals surface area contributed by atoms with Crippen LogP contribution in [0.3, 0.4) is 0 Å². The van der Waals surface area contributed by atoms with E-state index in [1.807, 2.05) is 51.1 Å². The van der Waals surface area contributed by atoms with Gasteiger partial charge < -0.3 is 9.47 Å². The van der Waals surface area contributed by atoms with E-state index in [1.54, 1.807) is 0 Å². The van der Waals surface area contributed by atoms with Gasteiger partial charge in [0.05, 0.1) is 19.1 Å². The van der Waals surface area contributed by atoms with Crippen molar-refractivity contribution in [3.05, 3.63) is 35.9 Å². The number of ether oxygens (including phenoxy) is 2. The van der Waals surface area contributed by atoms with Crippen LogP contribution >= 0.6 is 0 Å². The lowest BCUT2D eigenvalue weighted by Crippen LogP contribution is -2.20. The largest absolute Gasteiger partial charge is 0.466 e. The van der Waals surface area contributed by atoms with Gasteiger partial charge in [-0.1, -0.05) is 58.0 Å². The van der Waals surface area contributed by atoms with Crippen LogP contribution in [0.15, 0.2) is 30.3 Å². The van der Waals surface area contributed by atoms with Crippen LogP contribution in [-0.2, 0) is 19.1 Å². The number of hydrogen-bond donors (Lipinski definition) is 0. The molecule has 0 saturated carbocycles. The number of hydrogen-bond acceptors (Lipinski definition) is 4. The molecule has 24 heavy (non-hydrogen) atoms. The third-order valence-corrected chi connectivity index (χ3v) is 3.37. The number of benzene rings is 1. The molecule has 4 nitrogen and oxygen atoms in total. The van der Waals surface area contributed by atoms with Gasteiger partial charge in [0.15, 0.2) is 0 Å². The lowest BCUT2D eigenvalue weighted by atomic mass is 9.88. The van der Waals surface area contributed by atoms with Crippen molar-refractivity contribution in [1.29, 1.82) is 0 Å². The van der Waals surface area contributed by atoms with Crippen molar-refractivity contribution in [3.8, 4) is 0 Å². The van der Waals surface area contributed by atoms with Crippen LogP contribution in [0.25, 0.3) is 0 Å². The summed E-state index contributed by atoms with van der Waals surface area (Å²) >= 11 is 0. The average Bonchev–Trinajstić information content (AvgIpc) is 2.48. The molecule has 136 valence electrons. The fraction of sp³-hybridized carbons (Fsp3) is 0.600. The maximum atomic E-state index is 11.8. The Morgan fingerprint density at radius 1 is 1.00 bits per heavy atom. The van der Waals surface area contributed by atoms with Crippen LogP contribution in [-0.4, -0.2) is 25.2 Å². The quantitative estimate of drug-likeness (QED) is 0.684. The van der Waals surface area contributed by atoms with Crippen molar-refractivity contribution < 1.29 is 19.1 Å². The van der Waals surface area contributed by atoms with Crippen molar-refractivity contribution in [3.63, 3.8) is 0 Å². The van der Waals surface area contributed by atoms with Crippen molar-refractivity contribution in [2.45, 2.75) is 53.9 Å². The fourth-order valence-electron chi connectivity index (χ4n) is 2.12. The highest BCUT2D eigenvalue weighted by Gasteiger charge is 2.24. The van der Waals surface area contributed by atoms with Crippen LogP contribution < -0.4 is 0 Å². The predicted molar refractivity (Wildman–Crippen MR) is 96.7 cm³/mol. The Balaban J connectivity index is 0.000000506. The van der Waals surface area contributed by atoms with Gasteiger partial charge in [-0.25, -0.2) is 0 Å². The summed E-state index contributed by atoms with van der Waals surface area (Å²) in [7, 11) is 0. The average molecular weight is 336 g/mol. The Bertz CT molecular complexity index is 466. The van der Waals surface area contributed by atoms with Crippen LogP contribution in [0.1, 0.15) is 59.4 Å². The second-order valence-electron chi connectivity index (χ2n) is 6.41. The van der Waals surface area contributed by atoms with Crippen molar-refractivity contribution >= 4 is 11.9 Å². The SMILES string of the molecule is CC(=O)OCCC(C)C.CCOC(=O)C(c1ccccc1)C(C)C. The topological polar surface area (TPSA) is 52.6 Å². The van der Waals surface area contributed by atoms with Gasteiger partial charge in [0.1, 0.15) is 0 Å². The Hall–Kier alpha value is -1.84. The van der Waals surface area contributed by atoms with Gasteiger partial charge in [0.2, 0.25) is 0 Å². The molecule has 0 bridgehead atoms. The molecule has 1 rings (SSSR count). The summed E-state index contributed by atoms with van der Waals surface area (Å²) in [5, 5.41) is 0. The van der Waals surface area contributed by atoms with E-state index >= 15 is 0 Å². The van der Waals surface area contributed by atoms with Gasteiger partial charge in [-0.3, -0.25) is 9.59 Å². The number of carbonyl (C=O) groups excluding carboxylic acids is 2. The first kappa shape index (κ1) is 22.2. The van der Waals surface area contributed by atoms with E-state index in [0.717, 1.165) is 12.0 Å². The lowest BCUT2D eigenvalue weighted by Gasteiger charge is -2.19. The van der Waals surface area contributed by atoms with Gasteiger partial charge in [-0.15, -0.1) is 0 Å². The number of esters is 2. The van der Waals surface area contributed by atoms with Crippen molar-refractivity contribution in [2.75, 3.05) is 13.2 Å². The highest BCUT2D eigenvalue weighted by Crippen LogP contribution is 2.25. The molecule has 1 aromatic rings. The van der Waals surface area contributed by atoms with Crippen molar-refractivity contribution in [2.24, 2.45) is 11.8 Å². The summed E-state index contributed by atoms with van der Waals surface area (Å²) in [4.78, 5) is 22.0. The molecule has 0 spiro atoms. The minimum Gasteiger partial charge on any atom is -0.466 e. The third kappa shape index (κ3) is 10.0.